The van der Waals surface area contributed by atoms with Gasteiger partial charge in [-0.2, -0.15) is 0 Å². The number of nitrogens with one attached hydrogen (secondary N) is 1. The van der Waals surface area contributed by atoms with E-state index in [1.54, 1.807) is 0 Å². The van der Waals surface area contributed by atoms with E-state index in [1.807, 2.05) is 0 Å². The average molecular weight is 331 g/mol. The molecule has 4 heteroatoms. The Hall–Kier alpha value is -1.58. The number of carboxylic acids is 1. The number of rotatable bonds is 5. The van der Waals surface area contributed by atoms with Gasteiger partial charge in [0, 0.05) is 6.54 Å². The summed E-state index contributed by atoms with van der Waals surface area (Å²) in [5, 5.41) is 12.7. The molecule has 4 atom stereocenters. The third-order valence-corrected chi connectivity index (χ3v) is 6.14. The average Bonchev–Trinajstić information content (AvgIpc) is 3.11. The SMILES string of the molecule is CC(C)=C1[C@H]2CC[C@H]1[C@@H](C(=O)NCCC1=CCCCC1)[C@@H]2C(=O)O. The second-order valence-corrected chi connectivity index (χ2v) is 7.78. The maximum atomic E-state index is 12.7. The van der Waals surface area contributed by atoms with E-state index in [-0.39, 0.29) is 23.7 Å². The van der Waals surface area contributed by atoms with E-state index in [0.717, 1.165) is 32.1 Å². The standard InChI is InChI=1S/C20H29NO3/c1-12(2)16-14-8-9-15(16)18(20(23)24)17(14)19(22)21-11-10-13-6-4-3-5-7-13/h6,14-15,17-18H,3-5,7-11H2,1-2H3,(H,21,22)(H,23,24)/t14-,15-,17-,18-/m1/s1. The van der Waals surface area contributed by atoms with Crippen LogP contribution in [0.15, 0.2) is 22.8 Å². The zero-order valence-electron chi connectivity index (χ0n) is 14.8. The minimum atomic E-state index is -0.809. The van der Waals surface area contributed by atoms with Gasteiger partial charge in [0.1, 0.15) is 0 Å². The molecule has 2 saturated carbocycles. The molecule has 4 nitrogen and oxygen atoms in total. The van der Waals surface area contributed by atoms with Gasteiger partial charge in [-0.25, -0.2) is 0 Å². The van der Waals surface area contributed by atoms with Crippen molar-refractivity contribution >= 4 is 11.9 Å². The van der Waals surface area contributed by atoms with Crippen LogP contribution in [0.25, 0.3) is 0 Å². The lowest BCUT2D eigenvalue weighted by Gasteiger charge is -2.26. The Labute approximate surface area is 144 Å². The Morgan fingerprint density at radius 1 is 1.17 bits per heavy atom. The molecular formula is C20H29NO3. The van der Waals surface area contributed by atoms with Crippen LogP contribution in [0, 0.1) is 23.7 Å². The van der Waals surface area contributed by atoms with E-state index >= 15 is 0 Å². The summed E-state index contributed by atoms with van der Waals surface area (Å²) in [4.78, 5) is 24.5. The molecule has 24 heavy (non-hydrogen) atoms. The molecule has 0 aromatic heterocycles. The predicted octanol–water partition coefficient (Wildman–Crippen LogP) is 3.69. The van der Waals surface area contributed by atoms with Gasteiger partial charge in [0.05, 0.1) is 11.8 Å². The van der Waals surface area contributed by atoms with Crippen LogP contribution >= 0.6 is 0 Å². The molecule has 3 aliphatic carbocycles. The quantitative estimate of drug-likeness (QED) is 0.755. The number of carbonyl (C=O) groups excluding carboxylic acids is 1. The minimum Gasteiger partial charge on any atom is -0.481 e. The fourth-order valence-corrected chi connectivity index (χ4v) is 5.20. The Kier molecular flexibility index (Phi) is 5.12. The van der Waals surface area contributed by atoms with Crippen molar-refractivity contribution in [1.29, 1.82) is 0 Å². The van der Waals surface area contributed by atoms with Gasteiger partial charge in [0.25, 0.3) is 0 Å². The molecule has 0 aromatic rings. The topological polar surface area (TPSA) is 66.4 Å². The largest absolute Gasteiger partial charge is 0.481 e. The summed E-state index contributed by atoms with van der Waals surface area (Å²) >= 11 is 0. The van der Waals surface area contributed by atoms with E-state index in [9.17, 15) is 14.7 Å². The molecule has 132 valence electrons. The van der Waals surface area contributed by atoms with Crippen LogP contribution in [0.3, 0.4) is 0 Å². The van der Waals surface area contributed by atoms with Crippen LogP contribution in [-0.2, 0) is 9.59 Å². The molecule has 0 aliphatic heterocycles. The van der Waals surface area contributed by atoms with Gasteiger partial charge in [-0.15, -0.1) is 0 Å². The molecular weight excluding hydrogens is 302 g/mol. The molecule has 2 N–H and O–H groups in total. The van der Waals surface area contributed by atoms with Gasteiger partial charge in [-0.05, 0) is 70.6 Å². The fraction of sp³-hybridized carbons (Fsp3) is 0.700. The predicted molar refractivity (Wildman–Crippen MR) is 93.4 cm³/mol. The first-order valence-corrected chi connectivity index (χ1v) is 9.36. The summed E-state index contributed by atoms with van der Waals surface area (Å²) in [5.41, 5.74) is 3.89. The molecule has 3 rings (SSSR count). The van der Waals surface area contributed by atoms with Crippen molar-refractivity contribution in [1.82, 2.24) is 5.32 Å². The van der Waals surface area contributed by atoms with Crippen molar-refractivity contribution < 1.29 is 14.7 Å². The van der Waals surface area contributed by atoms with Crippen LogP contribution < -0.4 is 5.32 Å². The highest BCUT2D eigenvalue weighted by atomic mass is 16.4. The summed E-state index contributed by atoms with van der Waals surface area (Å²) < 4.78 is 0. The minimum absolute atomic E-state index is 0.0511. The van der Waals surface area contributed by atoms with Gasteiger partial charge in [0.2, 0.25) is 5.91 Å². The van der Waals surface area contributed by atoms with Gasteiger partial charge < -0.3 is 10.4 Å². The van der Waals surface area contributed by atoms with Crippen molar-refractivity contribution in [2.75, 3.05) is 6.54 Å². The van der Waals surface area contributed by atoms with E-state index in [1.165, 1.54) is 29.6 Å². The Morgan fingerprint density at radius 2 is 1.88 bits per heavy atom. The molecule has 1 amide bonds. The molecule has 0 spiro atoms. The number of carboxylic acid groups (broad SMARTS) is 1. The van der Waals surface area contributed by atoms with Crippen LogP contribution in [0.1, 0.15) is 58.8 Å². The molecule has 0 saturated heterocycles. The molecule has 0 unspecified atom stereocenters. The number of carbonyl (C=O) groups is 2. The van der Waals surface area contributed by atoms with Crippen molar-refractivity contribution in [3.8, 4) is 0 Å². The number of amides is 1. The zero-order valence-corrected chi connectivity index (χ0v) is 14.8. The summed E-state index contributed by atoms with van der Waals surface area (Å²) in [6.45, 7) is 4.74. The van der Waals surface area contributed by atoms with Gasteiger partial charge in [-0.3, -0.25) is 9.59 Å². The van der Waals surface area contributed by atoms with Crippen molar-refractivity contribution in [3.05, 3.63) is 22.8 Å². The number of hydrogen-bond donors (Lipinski definition) is 2. The third-order valence-electron chi connectivity index (χ3n) is 6.14. The van der Waals surface area contributed by atoms with Crippen LogP contribution in [-0.4, -0.2) is 23.5 Å². The Balaban J connectivity index is 1.66. The summed E-state index contributed by atoms with van der Waals surface area (Å²) in [6.07, 6.45) is 9.89. The van der Waals surface area contributed by atoms with E-state index < -0.39 is 11.9 Å². The first-order valence-electron chi connectivity index (χ1n) is 9.36. The van der Waals surface area contributed by atoms with Crippen LogP contribution in [0.5, 0.6) is 0 Å². The second kappa shape index (κ2) is 7.12. The summed E-state index contributed by atoms with van der Waals surface area (Å²) in [7, 11) is 0. The highest BCUT2D eigenvalue weighted by molar-refractivity contribution is 5.87. The number of aliphatic carboxylic acids is 1. The zero-order chi connectivity index (χ0) is 17.3. The van der Waals surface area contributed by atoms with E-state index in [4.69, 9.17) is 0 Å². The molecule has 2 fully saturated rings. The lowest BCUT2D eigenvalue weighted by molar-refractivity contribution is -0.149. The highest BCUT2D eigenvalue weighted by Gasteiger charge is 2.57. The van der Waals surface area contributed by atoms with Gasteiger partial charge >= 0.3 is 5.97 Å². The van der Waals surface area contributed by atoms with E-state index in [0.29, 0.717) is 6.54 Å². The van der Waals surface area contributed by atoms with Crippen molar-refractivity contribution in [2.45, 2.75) is 58.8 Å². The summed E-state index contributed by atoms with van der Waals surface area (Å²) in [6, 6.07) is 0. The lowest BCUT2D eigenvalue weighted by atomic mass is 9.78. The molecule has 3 aliphatic rings. The molecule has 2 bridgehead atoms. The smallest absolute Gasteiger partial charge is 0.307 e. The maximum absolute atomic E-state index is 12.7. The number of allylic oxidation sites excluding steroid dienone is 3. The van der Waals surface area contributed by atoms with Gasteiger partial charge in [-0.1, -0.05) is 22.8 Å². The highest BCUT2D eigenvalue weighted by Crippen LogP contribution is 2.57. The first-order chi connectivity index (χ1) is 11.5. The Morgan fingerprint density at radius 3 is 2.46 bits per heavy atom. The molecule has 0 radical (unpaired) electrons. The monoisotopic (exact) mass is 331 g/mol. The lowest BCUT2D eigenvalue weighted by Crippen LogP contribution is -2.41. The first kappa shape index (κ1) is 17.2. The van der Waals surface area contributed by atoms with E-state index in [2.05, 4.69) is 25.2 Å². The third kappa shape index (κ3) is 3.15. The number of hydrogen-bond acceptors (Lipinski definition) is 2. The van der Waals surface area contributed by atoms with Crippen LogP contribution in [0.2, 0.25) is 0 Å². The normalized spacial score (nSPS) is 31.8. The van der Waals surface area contributed by atoms with Crippen LogP contribution in [0.4, 0.5) is 0 Å². The second-order valence-electron chi connectivity index (χ2n) is 7.78. The van der Waals surface area contributed by atoms with Crippen molar-refractivity contribution in [2.24, 2.45) is 23.7 Å². The summed E-state index contributed by atoms with van der Waals surface area (Å²) in [5.74, 6) is -1.58. The fourth-order valence-electron chi connectivity index (χ4n) is 5.20. The number of fused-ring (bicyclic) bond motifs is 2. The molecule has 0 heterocycles. The Bertz CT molecular complexity index is 586. The van der Waals surface area contributed by atoms with Gasteiger partial charge in [0.15, 0.2) is 0 Å². The van der Waals surface area contributed by atoms with Crippen molar-refractivity contribution in [3.63, 3.8) is 0 Å². The maximum Gasteiger partial charge on any atom is 0.307 e. The molecule has 0 aromatic carbocycles.